The van der Waals surface area contributed by atoms with Gasteiger partial charge in [-0.2, -0.15) is 0 Å². The van der Waals surface area contributed by atoms with E-state index in [4.69, 9.17) is 5.73 Å². The Morgan fingerprint density at radius 1 is 1.00 bits per heavy atom. The van der Waals surface area contributed by atoms with E-state index in [0.717, 1.165) is 12.3 Å². The van der Waals surface area contributed by atoms with Crippen LogP contribution in [-0.4, -0.2) is 0 Å². The Morgan fingerprint density at radius 3 is 2.57 bits per heavy atom. The van der Waals surface area contributed by atoms with Gasteiger partial charge in [0.15, 0.2) is 0 Å². The lowest BCUT2D eigenvalue weighted by Gasteiger charge is -2.18. The fourth-order valence-electron chi connectivity index (χ4n) is 4.46. The van der Waals surface area contributed by atoms with Crippen LogP contribution in [0.1, 0.15) is 61.3 Å². The molecule has 1 atom stereocenters. The maximum absolute atomic E-state index is 6.56. The molecular weight excluding hydrogens is 254 g/mol. The summed E-state index contributed by atoms with van der Waals surface area (Å²) in [4.78, 5) is 0. The normalized spacial score (nSPS) is 19.5. The minimum atomic E-state index is 0.204. The van der Waals surface area contributed by atoms with Gasteiger partial charge in [-0.3, -0.25) is 0 Å². The fourth-order valence-corrected chi connectivity index (χ4v) is 4.46. The molecule has 0 aliphatic heterocycles. The first-order valence-electron chi connectivity index (χ1n) is 8.62. The Balaban J connectivity index is 1.61. The number of benzene rings is 2. The standard InChI is InChI=1S/C20H25N/c21-19(13-8-14-4-1-2-5-14)17-12-11-16-10-9-15-6-3-7-18(17)20(15)16/h3,6-7,11-12,14,19H,1-2,4-5,8-10,13,21H2. The first kappa shape index (κ1) is 13.3. The summed E-state index contributed by atoms with van der Waals surface area (Å²) in [6.07, 6.45) is 10.6. The lowest BCUT2D eigenvalue weighted by Crippen LogP contribution is -2.12. The molecule has 110 valence electrons. The van der Waals surface area contributed by atoms with Crippen molar-refractivity contribution in [3.63, 3.8) is 0 Å². The van der Waals surface area contributed by atoms with Gasteiger partial charge in [0.05, 0.1) is 0 Å². The van der Waals surface area contributed by atoms with Gasteiger partial charge in [-0.15, -0.1) is 0 Å². The van der Waals surface area contributed by atoms with E-state index in [1.807, 2.05) is 0 Å². The predicted octanol–water partition coefficient (Wildman–Crippen LogP) is 4.91. The molecule has 0 bridgehead atoms. The molecule has 2 aliphatic carbocycles. The molecule has 1 unspecified atom stereocenters. The van der Waals surface area contributed by atoms with Gasteiger partial charge in [0.2, 0.25) is 0 Å². The van der Waals surface area contributed by atoms with Gasteiger partial charge in [0.1, 0.15) is 0 Å². The van der Waals surface area contributed by atoms with Crippen LogP contribution in [0.3, 0.4) is 0 Å². The predicted molar refractivity (Wildman–Crippen MR) is 89.5 cm³/mol. The summed E-state index contributed by atoms with van der Waals surface area (Å²) in [5.74, 6) is 0.938. The molecule has 1 nitrogen and oxygen atoms in total. The molecule has 1 saturated carbocycles. The van der Waals surface area contributed by atoms with Crippen molar-refractivity contribution >= 4 is 10.8 Å². The van der Waals surface area contributed by atoms with Crippen LogP contribution in [0.5, 0.6) is 0 Å². The van der Waals surface area contributed by atoms with E-state index in [1.165, 1.54) is 72.4 Å². The Kier molecular flexibility index (Phi) is 3.46. The zero-order valence-electron chi connectivity index (χ0n) is 12.8. The molecule has 2 aromatic carbocycles. The molecule has 0 heterocycles. The van der Waals surface area contributed by atoms with Crippen molar-refractivity contribution in [2.24, 2.45) is 11.7 Å². The minimum absolute atomic E-state index is 0.204. The van der Waals surface area contributed by atoms with Crippen molar-refractivity contribution < 1.29 is 0 Å². The number of hydrogen-bond donors (Lipinski definition) is 1. The maximum atomic E-state index is 6.56. The third kappa shape index (κ3) is 2.38. The van der Waals surface area contributed by atoms with E-state index in [1.54, 1.807) is 0 Å². The molecule has 2 N–H and O–H groups in total. The van der Waals surface area contributed by atoms with Crippen LogP contribution in [0.4, 0.5) is 0 Å². The lowest BCUT2D eigenvalue weighted by molar-refractivity contribution is 0.455. The summed E-state index contributed by atoms with van der Waals surface area (Å²) in [5, 5.41) is 2.92. The lowest BCUT2D eigenvalue weighted by atomic mass is 9.91. The SMILES string of the molecule is NC(CCC1CCCC1)c1ccc2c3c(cccc13)CC2. The van der Waals surface area contributed by atoms with Crippen LogP contribution in [-0.2, 0) is 12.8 Å². The largest absolute Gasteiger partial charge is 0.324 e. The second kappa shape index (κ2) is 5.46. The maximum Gasteiger partial charge on any atom is 0.0301 e. The van der Waals surface area contributed by atoms with Gasteiger partial charge < -0.3 is 5.73 Å². The molecule has 2 aliphatic rings. The van der Waals surface area contributed by atoms with Crippen LogP contribution >= 0.6 is 0 Å². The highest BCUT2D eigenvalue weighted by Gasteiger charge is 2.20. The van der Waals surface area contributed by atoms with Crippen molar-refractivity contribution in [1.29, 1.82) is 0 Å². The number of aryl methyl sites for hydroxylation is 2. The first-order chi connectivity index (χ1) is 10.3. The summed E-state index contributed by atoms with van der Waals surface area (Å²) >= 11 is 0. The number of rotatable bonds is 4. The Morgan fingerprint density at radius 2 is 1.76 bits per heavy atom. The monoisotopic (exact) mass is 279 g/mol. The van der Waals surface area contributed by atoms with Crippen LogP contribution in [0.25, 0.3) is 10.8 Å². The van der Waals surface area contributed by atoms with Crippen molar-refractivity contribution in [3.05, 3.63) is 47.0 Å². The molecule has 4 rings (SSSR count). The molecule has 1 heteroatoms. The van der Waals surface area contributed by atoms with Gasteiger partial charge in [0, 0.05) is 6.04 Å². The highest BCUT2D eigenvalue weighted by atomic mass is 14.6. The topological polar surface area (TPSA) is 26.0 Å². The van der Waals surface area contributed by atoms with Crippen LogP contribution in [0.2, 0.25) is 0 Å². The van der Waals surface area contributed by atoms with Gasteiger partial charge in [-0.05, 0) is 59.1 Å². The van der Waals surface area contributed by atoms with Gasteiger partial charge in [-0.1, -0.05) is 56.0 Å². The van der Waals surface area contributed by atoms with Crippen LogP contribution < -0.4 is 5.73 Å². The Bertz CT molecular complexity index is 642. The molecule has 0 saturated heterocycles. The van der Waals surface area contributed by atoms with Crippen molar-refractivity contribution in [2.45, 2.75) is 57.4 Å². The molecule has 0 aromatic heterocycles. The van der Waals surface area contributed by atoms with E-state index < -0.39 is 0 Å². The van der Waals surface area contributed by atoms with E-state index in [0.29, 0.717) is 0 Å². The third-order valence-corrected chi connectivity index (χ3v) is 5.67. The Labute approximate surface area is 127 Å². The van der Waals surface area contributed by atoms with Crippen molar-refractivity contribution in [3.8, 4) is 0 Å². The van der Waals surface area contributed by atoms with E-state index in [-0.39, 0.29) is 6.04 Å². The summed E-state index contributed by atoms with van der Waals surface area (Å²) in [5.41, 5.74) is 11.0. The van der Waals surface area contributed by atoms with Gasteiger partial charge in [0.25, 0.3) is 0 Å². The summed E-state index contributed by atoms with van der Waals surface area (Å²) < 4.78 is 0. The van der Waals surface area contributed by atoms with Crippen LogP contribution in [0.15, 0.2) is 30.3 Å². The van der Waals surface area contributed by atoms with Gasteiger partial charge in [-0.25, -0.2) is 0 Å². The highest BCUT2D eigenvalue weighted by Crippen LogP contribution is 2.36. The van der Waals surface area contributed by atoms with Crippen LogP contribution in [0, 0.1) is 5.92 Å². The first-order valence-corrected chi connectivity index (χ1v) is 8.62. The van der Waals surface area contributed by atoms with Gasteiger partial charge >= 0.3 is 0 Å². The van der Waals surface area contributed by atoms with Crippen molar-refractivity contribution in [1.82, 2.24) is 0 Å². The second-order valence-corrected chi connectivity index (χ2v) is 6.99. The zero-order valence-corrected chi connectivity index (χ0v) is 12.8. The molecular formula is C20H25N. The van der Waals surface area contributed by atoms with E-state index >= 15 is 0 Å². The molecule has 0 amide bonds. The minimum Gasteiger partial charge on any atom is -0.324 e. The number of hydrogen-bond acceptors (Lipinski definition) is 1. The average molecular weight is 279 g/mol. The Hall–Kier alpha value is -1.34. The molecule has 1 fully saturated rings. The summed E-state index contributed by atoms with van der Waals surface area (Å²) in [6.45, 7) is 0. The zero-order chi connectivity index (χ0) is 14.2. The van der Waals surface area contributed by atoms with E-state index in [2.05, 4.69) is 30.3 Å². The van der Waals surface area contributed by atoms with E-state index in [9.17, 15) is 0 Å². The summed E-state index contributed by atoms with van der Waals surface area (Å²) in [6, 6.07) is 11.6. The quantitative estimate of drug-likeness (QED) is 0.845. The molecule has 0 radical (unpaired) electrons. The fraction of sp³-hybridized carbons (Fsp3) is 0.500. The number of nitrogens with two attached hydrogens (primary N) is 1. The average Bonchev–Trinajstić information content (AvgIpc) is 3.16. The molecule has 21 heavy (non-hydrogen) atoms. The highest BCUT2D eigenvalue weighted by molar-refractivity contribution is 5.93. The smallest absolute Gasteiger partial charge is 0.0301 e. The second-order valence-electron chi connectivity index (χ2n) is 6.99. The van der Waals surface area contributed by atoms with Crippen molar-refractivity contribution in [2.75, 3.05) is 0 Å². The molecule has 0 spiro atoms. The third-order valence-electron chi connectivity index (χ3n) is 5.67. The molecule has 2 aromatic rings. The summed E-state index contributed by atoms with van der Waals surface area (Å²) in [7, 11) is 0.